The van der Waals surface area contributed by atoms with Crippen LogP contribution in [0.2, 0.25) is 0 Å². The summed E-state index contributed by atoms with van der Waals surface area (Å²) in [6.07, 6.45) is 3.88. The molecule has 0 aromatic carbocycles. The molecule has 1 unspecified atom stereocenters. The van der Waals surface area contributed by atoms with Crippen molar-refractivity contribution in [3.05, 3.63) is 24.2 Å². The summed E-state index contributed by atoms with van der Waals surface area (Å²) in [5.41, 5.74) is 0. The smallest absolute Gasteiger partial charge is 0.103 e. The Hall–Kier alpha value is -0.800. The molecule has 0 spiro atoms. The summed E-state index contributed by atoms with van der Waals surface area (Å²) in [5.74, 6) is 1.08. The number of nitrogens with one attached hydrogen (secondary N) is 2. The van der Waals surface area contributed by atoms with Crippen molar-refractivity contribution >= 4 is 0 Å². The molecule has 0 saturated carbocycles. The number of furan rings is 1. The first-order valence-electron chi connectivity index (χ1n) is 6.17. The average molecular weight is 224 g/mol. The van der Waals surface area contributed by atoms with Crippen LogP contribution >= 0.6 is 0 Å². The van der Waals surface area contributed by atoms with Gasteiger partial charge in [0.25, 0.3) is 0 Å². The van der Waals surface area contributed by atoms with E-state index in [0.29, 0.717) is 12.1 Å². The van der Waals surface area contributed by atoms with Crippen molar-refractivity contribution in [2.75, 3.05) is 13.1 Å². The second-order valence-electron chi connectivity index (χ2n) is 4.60. The predicted molar refractivity (Wildman–Crippen MR) is 67.6 cm³/mol. The molecule has 1 rings (SSSR count). The molecule has 1 aromatic rings. The van der Waals surface area contributed by atoms with E-state index in [1.807, 2.05) is 12.1 Å². The molecule has 1 heterocycles. The predicted octanol–water partition coefficient (Wildman–Crippen LogP) is 2.19. The topological polar surface area (TPSA) is 37.2 Å². The average Bonchev–Trinajstić information content (AvgIpc) is 2.74. The van der Waals surface area contributed by atoms with Crippen LogP contribution in [0.25, 0.3) is 0 Å². The van der Waals surface area contributed by atoms with E-state index in [2.05, 4.69) is 31.4 Å². The number of hydrogen-bond donors (Lipinski definition) is 2. The number of hydrogen-bond acceptors (Lipinski definition) is 3. The molecule has 3 heteroatoms. The third-order valence-electron chi connectivity index (χ3n) is 2.51. The van der Waals surface area contributed by atoms with Gasteiger partial charge in [-0.25, -0.2) is 0 Å². The minimum absolute atomic E-state index is 0.527. The van der Waals surface area contributed by atoms with Gasteiger partial charge in [0.15, 0.2) is 0 Å². The van der Waals surface area contributed by atoms with E-state index in [9.17, 15) is 0 Å². The first-order valence-corrected chi connectivity index (χ1v) is 6.17. The van der Waals surface area contributed by atoms with Crippen LogP contribution in [0.4, 0.5) is 0 Å². The molecule has 16 heavy (non-hydrogen) atoms. The highest BCUT2D eigenvalue weighted by molar-refractivity contribution is 4.97. The van der Waals surface area contributed by atoms with Crippen LogP contribution in [-0.4, -0.2) is 25.2 Å². The molecule has 0 aliphatic rings. The fraction of sp³-hybridized carbons (Fsp3) is 0.692. The van der Waals surface area contributed by atoms with Crippen LogP contribution in [0.3, 0.4) is 0 Å². The minimum atomic E-state index is 0.527. The second-order valence-corrected chi connectivity index (χ2v) is 4.60. The van der Waals surface area contributed by atoms with Crippen LogP contribution in [-0.2, 0) is 6.42 Å². The van der Waals surface area contributed by atoms with Gasteiger partial charge in [0, 0.05) is 25.0 Å². The van der Waals surface area contributed by atoms with Crippen LogP contribution in [0.15, 0.2) is 22.8 Å². The normalized spacial score (nSPS) is 13.2. The van der Waals surface area contributed by atoms with Crippen molar-refractivity contribution in [3.63, 3.8) is 0 Å². The molecule has 3 nitrogen and oxygen atoms in total. The van der Waals surface area contributed by atoms with Crippen LogP contribution in [0.1, 0.15) is 33.0 Å². The van der Waals surface area contributed by atoms with Gasteiger partial charge in [-0.2, -0.15) is 0 Å². The monoisotopic (exact) mass is 224 g/mol. The molecule has 1 aromatic heterocycles. The summed E-state index contributed by atoms with van der Waals surface area (Å²) < 4.78 is 5.28. The lowest BCUT2D eigenvalue weighted by Gasteiger charge is -2.16. The molecule has 92 valence electrons. The Labute approximate surface area is 98.6 Å². The summed E-state index contributed by atoms with van der Waals surface area (Å²) >= 11 is 0. The quantitative estimate of drug-likeness (QED) is 0.665. The highest BCUT2D eigenvalue weighted by Gasteiger charge is 2.02. The standard InChI is InChI=1S/C13H24N2O/c1-11(2)15-10-12(3)14-8-4-6-13-7-5-9-16-13/h5,7,9,11-12,14-15H,4,6,8,10H2,1-3H3. The zero-order chi connectivity index (χ0) is 11.8. The van der Waals surface area contributed by atoms with Crippen molar-refractivity contribution in [1.29, 1.82) is 0 Å². The maximum Gasteiger partial charge on any atom is 0.103 e. The van der Waals surface area contributed by atoms with Crippen molar-refractivity contribution in [3.8, 4) is 0 Å². The van der Waals surface area contributed by atoms with Crippen molar-refractivity contribution < 1.29 is 4.42 Å². The summed E-state index contributed by atoms with van der Waals surface area (Å²) in [6.45, 7) is 8.62. The van der Waals surface area contributed by atoms with E-state index >= 15 is 0 Å². The van der Waals surface area contributed by atoms with Gasteiger partial charge in [-0.05, 0) is 32.0 Å². The summed E-state index contributed by atoms with van der Waals surface area (Å²) in [5, 5.41) is 6.91. The zero-order valence-electron chi connectivity index (χ0n) is 10.6. The van der Waals surface area contributed by atoms with Gasteiger partial charge in [-0.3, -0.25) is 0 Å². The van der Waals surface area contributed by atoms with Crippen LogP contribution in [0.5, 0.6) is 0 Å². The van der Waals surface area contributed by atoms with Gasteiger partial charge in [-0.1, -0.05) is 13.8 Å². The summed E-state index contributed by atoms with van der Waals surface area (Å²) in [6, 6.07) is 5.06. The van der Waals surface area contributed by atoms with Crippen molar-refractivity contribution in [2.45, 2.75) is 45.7 Å². The van der Waals surface area contributed by atoms with E-state index < -0.39 is 0 Å². The molecule has 0 amide bonds. The van der Waals surface area contributed by atoms with Gasteiger partial charge in [0.2, 0.25) is 0 Å². The van der Waals surface area contributed by atoms with Crippen LogP contribution < -0.4 is 10.6 Å². The van der Waals surface area contributed by atoms with E-state index in [1.165, 1.54) is 0 Å². The molecule has 0 aliphatic carbocycles. The number of aryl methyl sites for hydroxylation is 1. The summed E-state index contributed by atoms with van der Waals surface area (Å²) in [4.78, 5) is 0. The largest absolute Gasteiger partial charge is 0.469 e. The highest BCUT2D eigenvalue weighted by atomic mass is 16.3. The molecule has 0 aliphatic heterocycles. The summed E-state index contributed by atoms with van der Waals surface area (Å²) in [7, 11) is 0. The van der Waals surface area contributed by atoms with Gasteiger partial charge in [0.1, 0.15) is 5.76 Å². The lowest BCUT2D eigenvalue weighted by molar-refractivity contribution is 0.457. The molecular formula is C13H24N2O. The first kappa shape index (κ1) is 13.3. The van der Waals surface area contributed by atoms with Gasteiger partial charge < -0.3 is 15.1 Å². The second kappa shape index (κ2) is 7.47. The Morgan fingerprint density at radius 2 is 2.06 bits per heavy atom. The van der Waals surface area contributed by atoms with Gasteiger partial charge in [-0.15, -0.1) is 0 Å². The Morgan fingerprint density at radius 1 is 1.25 bits per heavy atom. The third kappa shape index (κ3) is 5.93. The SMILES string of the molecule is CC(C)NCC(C)NCCCc1ccco1. The Balaban J connectivity index is 1.98. The molecular weight excluding hydrogens is 200 g/mol. The molecule has 2 N–H and O–H groups in total. The fourth-order valence-corrected chi connectivity index (χ4v) is 1.55. The maximum atomic E-state index is 5.28. The maximum absolute atomic E-state index is 5.28. The molecule has 0 fully saturated rings. The lowest BCUT2D eigenvalue weighted by Crippen LogP contribution is -2.39. The first-order chi connectivity index (χ1) is 7.68. The Kier molecular flexibility index (Phi) is 6.19. The van der Waals surface area contributed by atoms with E-state index in [4.69, 9.17) is 4.42 Å². The Morgan fingerprint density at radius 3 is 2.69 bits per heavy atom. The van der Waals surface area contributed by atoms with E-state index in [1.54, 1.807) is 6.26 Å². The highest BCUT2D eigenvalue weighted by Crippen LogP contribution is 2.02. The van der Waals surface area contributed by atoms with E-state index in [-0.39, 0.29) is 0 Å². The molecule has 0 bridgehead atoms. The Bertz CT molecular complexity index is 257. The fourth-order valence-electron chi connectivity index (χ4n) is 1.55. The third-order valence-corrected chi connectivity index (χ3v) is 2.51. The number of rotatable bonds is 8. The molecule has 1 atom stereocenters. The van der Waals surface area contributed by atoms with Crippen molar-refractivity contribution in [1.82, 2.24) is 10.6 Å². The van der Waals surface area contributed by atoms with Gasteiger partial charge in [0.05, 0.1) is 6.26 Å². The molecule has 0 radical (unpaired) electrons. The van der Waals surface area contributed by atoms with Gasteiger partial charge >= 0.3 is 0 Å². The lowest BCUT2D eigenvalue weighted by atomic mass is 10.2. The van der Waals surface area contributed by atoms with Crippen LogP contribution in [0, 0.1) is 0 Å². The zero-order valence-corrected chi connectivity index (χ0v) is 10.6. The van der Waals surface area contributed by atoms with E-state index in [0.717, 1.165) is 31.7 Å². The minimum Gasteiger partial charge on any atom is -0.469 e. The molecule has 0 saturated heterocycles. The van der Waals surface area contributed by atoms with Crippen molar-refractivity contribution in [2.24, 2.45) is 0 Å².